The first-order valence-corrected chi connectivity index (χ1v) is 11.0. The molecule has 0 radical (unpaired) electrons. The largest absolute Gasteiger partial charge is 0.369 e. The number of rotatable bonds is 10. The first kappa shape index (κ1) is 21.5. The summed E-state index contributed by atoms with van der Waals surface area (Å²) in [4.78, 5) is 14.8. The lowest BCUT2D eigenvalue weighted by Crippen LogP contribution is -2.34. The fourth-order valence-electron chi connectivity index (χ4n) is 3.75. The standard InChI is InChI=1S/C25H34N2O2/c1-3-4-17-29-20(2)25(28)26-18-23-9-5-6-10-24(23)22-13-11-21(12-14-22)19-27-15-7-8-16-27/h5-6,9-14,20H,3-4,7-8,15-19H2,1-2H3,(H,26,28). The van der Waals surface area contributed by atoms with Gasteiger partial charge in [-0.25, -0.2) is 0 Å². The van der Waals surface area contributed by atoms with Crippen LogP contribution in [0, 0.1) is 0 Å². The smallest absolute Gasteiger partial charge is 0.249 e. The number of amides is 1. The van der Waals surface area contributed by atoms with Crippen LogP contribution in [0.15, 0.2) is 48.5 Å². The Morgan fingerprint density at radius 2 is 1.83 bits per heavy atom. The van der Waals surface area contributed by atoms with Crippen molar-refractivity contribution in [2.75, 3.05) is 19.7 Å². The summed E-state index contributed by atoms with van der Waals surface area (Å²) in [6.07, 6.45) is 4.27. The van der Waals surface area contributed by atoms with Crippen LogP contribution in [-0.4, -0.2) is 36.6 Å². The molecular formula is C25H34N2O2. The molecule has 0 bridgehead atoms. The Morgan fingerprint density at radius 1 is 1.10 bits per heavy atom. The van der Waals surface area contributed by atoms with Crippen molar-refractivity contribution in [3.8, 4) is 11.1 Å². The van der Waals surface area contributed by atoms with Crippen molar-refractivity contribution < 1.29 is 9.53 Å². The zero-order valence-electron chi connectivity index (χ0n) is 17.8. The molecule has 1 fully saturated rings. The van der Waals surface area contributed by atoms with E-state index in [2.05, 4.69) is 59.6 Å². The number of unbranched alkanes of at least 4 members (excludes halogenated alkanes) is 1. The van der Waals surface area contributed by atoms with Crippen LogP contribution < -0.4 is 5.32 Å². The molecule has 0 saturated carbocycles. The minimum absolute atomic E-state index is 0.0585. The molecule has 1 saturated heterocycles. The number of hydrogen-bond donors (Lipinski definition) is 1. The van der Waals surface area contributed by atoms with Gasteiger partial charge in [-0.3, -0.25) is 9.69 Å². The van der Waals surface area contributed by atoms with E-state index in [4.69, 9.17) is 4.74 Å². The summed E-state index contributed by atoms with van der Waals surface area (Å²) in [5.41, 5.74) is 4.83. The van der Waals surface area contributed by atoms with Crippen LogP contribution in [-0.2, 0) is 22.6 Å². The summed E-state index contributed by atoms with van der Waals surface area (Å²) in [5.74, 6) is -0.0585. The lowest BCUT2D eigenvalue weighted by molar-refractivity contribution is -0.131. The third kappa shape index (κ3) is 6.41. The first-order valence-electron chi connectivity index (χ1n) is 11.0. The van der Waals surface area contributed by atoms with E-state index in [1.165, 1.54) is 42.6 Å². The van der Waals surface area contributed by atoms with Crippen molar-refractivity contribution in [3.63, 3.8) is 0 Å². The Hall–Kier alpha value is -2.17. The molecule has 1 aliphatic heterocycles. The highest BCUT2D eigenvalue weighted by Gasteiger charge is 2.14. The predicted molar refractivity (Wildman–Crippen MR) is 119 cm³/mol. The zero-order chi connectivity index (χ0) is 20.5. The molecule has 4 heteroatoms. The molecule has 29 heavy (non-hydrogen) atoms. The van der Waals surface area contributed by atoms with Gasteiger partial charge in [0, 0.05) is 19.7 Å². The lowest BCUT2D eigenvalue weighted by atomic mass is 9.98. The Labute approximate surface area is 175 Å². The third-order valence-electron chi connectivity index (χ3n) is 5.58. The van der Waals surface area contributed by atoms with Gasteiger partial charge < -0.3 is 10.1 Å². The van der Waals surface area contributed by atoms with Crippen molar-refractivity contribution in [2.45, 2.75) is 58.7 Å². The monoisotopic (exact) mass is 394 g/mol. The molecule has 1 atom stereocenters. The molecule has 1 N–H and O–H groups in total. The van der Waals surface area contributed by atoms with E-state index < -0.39 is 6.10 Å². The molecule has 1 unspecified atom stereocenters. The van der Waals surface area contributed by atoms with Crippen LogP contribution in [0.2, 0.25) is 0 Å². The summed E-state index contributed by atoms with van der Waals surface area (Å²) in [6, 6.07) is 17.1. The topological polar surface area (TPSA) is 41.6 Å². The highest BCUT2D eigenvalue weighted by atomic mass is 16.5. The Kier molecular flexibility index (Phi) is 8.26. The van der Waals surface area contributed by atoms with E-state index in [0.717, 1.165) is 24.9 Å². The maximum atomic E-state index is 12.3. The van der Waals surface area contributed by atoms with Crippen LogP contribution in [0.3, 0.4) is 0 Å². The van der Waals surface area contributed by atoms with Gasteiger partial charge in [0.15, 0.2) is 0 Å². The fourth-order valence-corrected chi connectivity index (χ4v) is 3.75. The number of benzene rings is 2. The van der Waals surface area contributed by atoms with Crippen molar-refractivity contribution >= 4 is 5.91 Å². The van der Waals surface area contributed by atoms with Crippen molar-refractivity contribution in [1.29, 1.82) is 0 Å². The average Bonchev–Trinajstić information content (AvgIpc) is 3.26. The van der Waals surface area contributed by atoms with Crippen LogP contribution in [0.25, 0.3) is 11.1 Å². The number of hydrogen-bond acceptors (Lipinski definition) is 3. The number of likely N-dealkylation sites (tertiary alicyclic amines) is 1. The number of nitrogens with one attached hydrogen (secondary N) is 1. The SMILES string of the molecule is CCCCOC(C)C(=O)NCc1ccccc1-c1ccc(CN2CCCC2)cc1. The molecule has 3 rings (SSSR count). The molecule has 1 heterocycles. The van der Waals surface area contributed by atoms with E-state index >= 15 is 0 Å². The molecular weight excluding hydrogens is 360 g/mol. The molecule has 2 aromatic carbocycles. The van der Waals surface area contributed by atoms with E-state index in [1.807, 2.05) is 13.0 Å². The second-order valence-corrected chi connectivity index (χ2v) is 7.92. The van der Waals surface area contributed by atoms with Gasteiger partial charge in [-0.15, -0.1) is 0 Å². The summed E-state index contributed by atoms with van der Waals surface area (Å²) >= 11 is 0. The van der Waals surface area contributed by atoms with Gasteiger partial charge in [0.05, 0.1) is 0 Å². The van der Waals surface area contributed by atoms with Crippen LogP contribution >= 0.6 is 0 Å². The van der Waals surface area contributed by atoms with Gasteiger partial charge in [-0.05, 0) is 61.5 Å². The van der Waals surface area contributed by atoms with Gasteiger partial charge in [-0.1, -0.05) is 61.9 Å². The zero-order valence-corrected chi connectivity index (χ0v) is 17.8. The molecule has 0 aliphatic carbocycles. The Bertz CT molecular complexity index is 767. The highest BCUT2D eigenvalue weighted by Crippen LogP contribution is 2.25. The second kappa shape index (κ2) is 11.1. The summed E-state index contributed by atoms with van der Waals surface area (Å²) in [7, 11) is 0. The van der Waals surface area contributed by atoms with E-state index in [1.54, 1.807) is 0 Å². The Morgan fingerprint density at radius 3 is 2.55 bits per heavy atom. The average molecular weight is 395 g/mol. The molecule has 4 nitrogen and oxygen atoms in total. The molecule has 1 amide bonds. The van der Waals surface area contributed by atoms with E-state index in [-0.39, 0.29) is 5.91 Å². The summed E-state index contributed by atoms with van der Waals surface area (Å²) < 4.78 is 5.60. The van der Waals surface area contributed by atoms with Crippen LogP contribution in [0.1, 0.15) is 50.7 Å². The Balaban J connectivity index is 1.60. The van der Waals surface area contributed by atoms with Gasteiger partial charge >= 0.3 is 0 Å². The maximum Gasteiger partial charge on any atom is 0.249 e. The molecule has 2 aromatic rings. The van der Waals surface area contributed by atoms with Gasteiger partial charge in [0.2, 0.25) is 5.91 Å². The second-order valence-electron chi connectivity index (χ2n) is 7.92. The number of carbonyl (C=O) groups excluding carboxylic acids is 1. The number of nitrogens with zero attached hydrogens (tertiary/aromatic N) is 1. The van der Waals surface area contributed by atoms with E-state index in [9.17, 15) is 4.79 Å². The maximum absolute atomic E-state index is 12.3. The minimum Gasteiger partial charge on any atom is -0.369 e. The van der Waals surface area contributed by atoms with Crippen molar-refractivity contribution in [1.82, 2.24) is 10.2 Å². The highest BCUT2D eigenvalue weighted by molar-refractivity contribution is 5.80. The minimum atomic E-state index is -0.418. The van der Waals surface area contributed by atoms with Gasteiger partial charge in [0.1, 0.15) is 6.10 Å². The molecule has 156 valence electrons. The molecule has 1 aliphatic rings. The molecule has 0 spiro atoms. The summed E-state index contributed by atoms with van der Waals surface area (Å²) in [5, 5.41) is 3.02. The third-order valence-corrected chi connectivity index (χ3v) is 5.58. The van der Waals surface area contributed by atoms with Crippen LogP contribution in [0.5, 0.6) is 0 Å². The predicted octanol–water partition coefficient (Wildman–Crippen LogP) is 4.77. The van der Waals surface area contributed by atoms with E-state index in [0.29, 0.717) is 13.2 Å². The lowest BCUT2D eigenvalue weighted by Gasteiger charge is -2.16. The first-order chi connectivity index (χ1) is 14.2. The van der Waals surface area contributed by atoms with Crippen molar-refractivity contribution in [2.24, 2.45) is 0 Å². The fraction of sp³-hybridized carbons (Fsp3) is 0.480. The van der Waals surface area contributed by atoms with Crippen LogP contribution in [0.4, 0.5) is 0 Å². The normalized spacial score (nSPS) is 15.4. The quantitative estimate of drug-likeness (QED) is 0.590. The summed E-state index contributed by atoms with van der Waals surface area (Å²) in [6.45, 7) is 8.53. The van der Waals surface area contributed by atoms with Gasteiger partial charge in [0.25, 0.3) is 0 Å². The van der Waals surface area contributed by atoms with Crippen molar-refractivity contribution in [3.05, 3.63) is 59.7 Å². The number of carbonyl (C=O) groups is 1. The molecule has 0 aromatic heterocycles. The number of ether oxygens (including phenoxy) is 1. The van der Waals surface area contributed by atoms with Gasteiger partial charge in [-0.2, -0.15) is 0 Å².